The first-order valence-corrected chi connectivity index (χ1v) is 10.1. The number of urea groups is 1. The minimum absolute atomic E-state index is 0.299. The minimum atomic E-state index is -0.778. The summed E-state index contributed by atoms with van der Waals surface area (Å²) in [7, 11) is 0. The van der Waals surface area contributed by atoms with Gasteiger partial charge in [-0.3, -0.25) is 14.5 Å². The van der Waals surface area contributed by atoms with Crippen molar-refractivity contribution in [2.75, 3.05) is 11.9 Å². The quantitative estimate of drug-likeness (QED) is 0.726. The van der Waals surface area contributed by atoms with Crippen LogP contribution in [-0.2, 0) is 9.59 Å². The zero-order valence-corrected chi connectivity index (χ0v) is 16.5. The average molecular weight is 416 g/mol. The van der Waals surface area contributed by atoms with Crippen molar-refractivity contribution >= 4 is 46.9 Å². The molecule has 1 spiro atoms. The number of amides is 4. The van der Waals surface area contributed by atoms with E-state index in [9.17, 15) is 14.4 Å². The molecule has 4 amide bonds. The Hall–Kier alpha value is -2.51. The van der Waals surface area contributed by atoms with Crippen LogP contribution in [0.5, 0.6) is 0 Å². The highest BCUT2D eigenvalue weighted by atomic mass is 35.5. The molecule has 28 heavy (non-hydrogen) atoms. The maximum atomic E-state index is 12.5. The lowest BCUT2D eigenvalue weighted by Gasteiger charge is -2.34. The van der Waals surface area contributed by atoms with E-state index < -0.39 is 17.5 Å². The van der Waals surface area contributed by atoms with Crippen molar-refractivity contribution in [1.29, 1.82) is 0 Å². The third-order valence-electron chi connectivity index (χ3n) is 4.96. The van der Waals surface area contributed by atoms with Gasteiger partial charge in [0.2, 0.25) is 5.91 Å². The standard InChI is InChI=1S/C20H18ClN3O3S/c21-13-6-8-14(9-7-13)28-16-5-2-1-4-15(16)22-17(25)12-24-18(26)20(10-3-11-20)23-19(24)27/h1-2,4-9H,3,10-12H2,(H,22,25)(H,23,27). The zero-order valence-electron chi connectivity index (χ0n) is 14.9. The summed E-state index contributed by atoms with van der Waals surface area (Å²) in [5.41, 5.74) is -0.155. The van der Waals surface area contributed by atoms with Gasteiger partial charge in [-0.2, -0.15) is 0 Å². The Balaban J connectivity index is 1.44. The summed E-state index contributed by atoms with van der Waals surface area (Å²) >= 11 is 7.41. The molecule has 1 aliphatic heterocycles. The third-order valence-corrected chi connectivity index (χ3v) is 6.29. The predicted molar refractivity (Wildman–Crippen MR) is 107 cm³/mol. The molecule has 2 N–H and O–H groups in total. The predicted octanol–water partition coefficient (Wildman–Crippen LogP) is 3.90. The fourth-order valence-corrected chi connectivity index (χ4v) is 4.34. The van der Waals surface area contributed by atoms with E-state index in [1.165, 1.54) is 11.8 Å². The average Bonchev–Trinajstić information content (AvgIpc) is 2.90. The van der Waals surface area contributed by atoms with Gasteiger partial charge in [-0.05, 0) is 55.7 Å². The largest absolute Gasteiger partial charge is 0.325 e. The molecule has 1 saturated heterocycles. The number of halogens is 1. The molecule has 1 saturated carbocycles. The van der Waals surface area contributed by atoms with Crippen molar-refractivity contribution < 1.29 is 14.4 Å². The number of carbonyl (C=O) groups excluding carboxylic acids is 3. The summed E-state index contributed by atoms with van der Waals surface area (Å²) in [4.78, 5) is 40.0. The maximum absolute atomic E-state index is 12.5. The Morgan fingerprint density at radius 2 is 1.86 bits per heavy atom. The summed E-state index contributed by atoms with van der Waals surface area (Å²) in [6, 6.07) is 14.3. The molecule has 2 aromatic carbocycles. The topological polar surface area (TPSA) is 78.5 Å². The highest BCUT2D eigenvalue weighted by Gasteiger charge is 2.54. The first kappa shape index (κ1) is 18.8. The fourth-order valence-electron chi connectivity index (χ4n) is 3.31. The van der Waals surface area contributed by atoms with Gasteiger partial charge in [0.1, 0.15) is 12.1 Å². The number of anilines is 1. The fraction of sp³-hybridized carbons (Fsp3) is 0.250. The molecule has 4 rings (SSSR count). The maximum Gasteiger partial charge on any atom is 0.325 e. The number of para-hydroxylation sites is 1. The van der Waals surface area contributed by atoms with Gasteiger partial charge in [0.25, 0.3) is 5.91 Å². The molecule has 8 heteroatoms. The monoisotopic (exact) mass is 415 g/mol. The van der Waals surface area contributed by atoms with Crippen LogP contribution >= 0.6 is 23.4 Å². The van der Waals surface area contributed by atoms with Gasteiger partial charge in [0, 0.05) is 14.8 Å². The van der Waals surface area contributed by atoms with E-state index in [2.05, 4.69) is 10.6 Å². The highest BCUT2D eigenvalue weighted by Crippen LogP contribution is 2.37. The number of carbonyl (C=O) groups is 3. The number of benzene rings is 2. The molecule has 2 fully saturated rings. The number of nitrogens with zero attached hydrogens (tertiary/aromatic N) is 1. The van der Waals surface area contributed by atoms with E-state index in [1.54, 1.807) is 18.2 Å². The Morgan fingerprint density at radius 3 is 2.50 bits per heavy atom. The molecule has 1 heterocycles. The van der Waals surface area contributed by atoms with Gasteiger partial charge in [0.05, 0.1) is 5.69 Å². The van der Waals surface area contributed by atoms with Crippen LogP contribution in [0, 0.1) is 0 Å². The summed E-state index contributed by atoms with van der Waals surface area (Å²) in [5.74, 6) is -0.716. The lowest BCUT2D eigenvalue weighted by atomic mass is 9.77. The molecule has 144 valence electrons. The van der Waals surface area contributed by atoms with Crippen LogP contribution in [0.1, 0.15) is 19.3 Å². The molecule has 0 atom stereocenters. The van der Waals surface area contributed by atoms with Gasteiger partial charge in [-0.1, -0.05) is 35.5 Å². The van der Waals surface area contributed by atoms with Crippen molar-refractivity contribution in [3.63, 3.8) is 0 Å². The summed E-state index contributed by atoms with van der Waals surface area (Å²) in [6.45, 7) is -0.299. The van der Waals surface area contributed by atoms with E-state index in [-0.39, 0.29) is 12.5 Å². The summed E-state index contributed by atoms with van der Waals surface area (Å²) in [6.07, 6.45) is 2.17. The van der Waals surface area contributed by atoms with Crippen LogP contribution in [0.4, 0.5) is 10.5 Å². The normalized spacial score (nSPS) is 17.4. The molecular formula is C20H18ClN3O3S. The van der Waals surface area contributed by atoms with Gasteiger partial charge in [-0.15, -0.1) is 0 Å². The van der Waals surface area contributed by atoms with E-state index in [0.717, 1.165) is 21.1 Å². The van der Waals surface area contributed by atoms with Crippen molar-refractivity contribution in [3.8, 4) is 0 Å². The lowest BCUT2D eigenvalue weighted by Crippen LogP contribution is -2.52. The van der Waals surface area contributed by atoms with Crippen molar-refractivity contribution in [1.82, 2.24) is 10.2 Å². The van der Waals surface area contributed by atoms with Gasteiger partial charge >= 0.3 is 6.03 Å². The molecule has 0 unspecified atom stereocenters. The molecule has 0 bridgehead atoms. The molecule has 0 aromatic heterocycles. The van der Waals surface area contributed by atoms with Gasteiger partial charge in [0.15, 0.2) is 0 Å². The van der Waals surface area contributed by atoms with Crippen LogP contribution in [0.15, 0.2) is 58.3 Å². The molecule has 2 aromatic rings. The zero-order chi connectivity index (χ0) is 19.7. The summed E-state index contributed by atoms with van der Waals surface area (Å²) < 4.78 is 0. The van der Waals surface area contributed by atoms with E-state index >= 15 is 0 Å². The number of imide groups is 1. The molecular weight excluding hydrogens is 398 g/mol. The smallest absolute Gasteiger partial charge is 0.323 e. The van der Waals surface area contributed by atoms with Gasteiger partial charge < -0.3 is 10.6 Å². The van der Waals surface area contributed by atoms with Crippen LogP contribution < -0.4 is 10.6 Å². The van der Waals surface area contributed by atoms with E-state index in [4.69, 9.17) is 11.6 Å². The number of hydrogen-bond donors (Lipinski definition) is 2. The van der Waals surface area contributed by atoms with Crippen molar-refractivity contribution in [2.24, 2.45) is 0 Å². The lowest BCUT2D eigenvalue weighted by molar-refractivity contribution is -0.136. The second-order valence-electron chi connectivity index (χ2n) is 6.86. The van der Waals surface area contributed by atoms with E-state index in [1.807, 2.05) is 30.3 Å². The van der Waals surface area contributed by atoms with E-state index in [0.29, 0.717) is 23.6 Å². The number of hydrogen-bond acceptors (Lipinski definition) is 4. The SMILES string of the molecule is O=C(CN1C(=O)NC2(CCC2)C1=O)Nc1ccccc1Sc1ccc(Cl)cc1. The van der Waals surface area contributed by atoms with Crippen LogP contribution in [0.3, 0.4) is 0 Å². The second-order valence-corrected chi connectivity index (χ2v) is 8.41. The first-order chi connectivity index (χ1) is 13.5. The Bertz CT molecular complexity index is 944. The third kappa shape index (κ3) is 3.59. The molecule has 1 aliphatic carbocycles. The summed E-state index contributed by atoms with van der Waals surface area (Å²) in [5, 5.41) is 6.20. The highest BCUT2D eigenvalue weighted by molar-refractivity contribution is 7.99. The second kappa shape index (κ2) is 7.48. The number of nitrogens with one attached hydrogen (secondary N) is 2. The van der Waals surface area contributed by atoms with Crippen molar-refractivity contribution in [2.45, 2.75) is 34.6 Å². The Labute approximate surface area is 171 Å². The Morgan fingerprint density at radius 1 is 1.14 bits per heavy atom. The Kier molecular flexibility index (Phi) is 5.03. The number of rotatable bonds is 5. The molecule has 0 radical (unpaired) electrons. The molecule has 2 aliphatic rings. The molecule has 6 nitrogen and oxygen atoms in total. The first-order valence-electron chi connectivity index (χ1n) is 8.93. The van der Waals surface area contributed by atoms with Crippen LogP contribution in [0.25, 0.3) is 0 Å². The van der Waals surface area contributed by atoms with Crippen molar-refractivity contribution in [3.05, 3.63) is 53.6 Å². The minimum Gasteiger partial charge on any atom is -0.323 e. The van der Waals surface area contributed by atoms with Gasteiger partial charge in [-0.25, -0.2) is 4.79 Å². The van der Waals surface area contributed by atoms with Crippen LogP contribution in [0.2, 0.25) is 5.02 Å². The van der Waals surface area contributed by atoms with Crippen LogP contribution in [-0.4, -0.2) is 34.8 Å².